The van der Waals surface area contributed by atoms with E-state index in [0.29, 0.717) is 6.42 Å². The minimum absolute atomic E-state index is 0.0121. The van der Waals surface area contributed by atoms with Crippen LogP contribution in [0.3, 0.4) is 0 Å². The van der Waals surface area contributed by atoms with E-state index in [2.05, 4.69) is 26.0 Å². The highest BCUT2D eigenvalue weighted by Gasteiger charge is 2.25. The molecule has 0 saturated heterocycles. The van der Waals surface area contributed by atoms with Crippen LogP contribution in [0.1, 0.15) is 39.2 Å². The summed E-state index contributed by atoms with van der Waals surface area (Å²) in [5.74, 6) is 0. The summed E-state index contributed by atoms with van der Waals surface area (Å²) in [6.07, 6.45) is 0.862. The second kappa shape index (κ2) is 6.32. The fourth-order valence-corrected chi connectivity index (χ4v) is 2.27. The molecule has 0 aliphatic heterocycles. The lowest BCUT2D eigenvalue weighted by Crippen LogP contribution is -2.39. The molecule has 1 aromatic carbocycles. The fraction of sp³-hybridized carbons (Fsp3) is 0.600. The molecular weight excluding hydrogens is 224 g/mol. The van der Waals surface area contributed by atoms with Crippen molar-refractivity contribution in [3.8, 4) is 0 Å². The molecule has 102 valence electrons. The van der Waals surface area contributed by atoms with Crippen molar-refractivity contribution in [1.29, 1.82) is 0 Å². The van der Waals surface area contributed by atoms with Gasteiger partial charge >= 0.3 is 0 Å². The van der Waals surface area contributed by atoms with Gasteiger partial charge in [-0.15, -0.1) is 0 Å². The lowest BCUT2D eigenvalue weighted by Gasteiger charge is -2.30. The maximum Gasteiger partial charge on any atom is 0.0703 e. The molecule has 3 nitrogen and oxygen atoms in total. The smallest absolute Gasteiger partial charge is 0.0703 e. The number of aliphatic hydroxyl groups is 1. The molecule has 0 unspecified atom stereocenters. The first-order valence-electron chi connectivity index (χ1n) is 6.57. The quantitative estimate of drug-likeness (QED) is 0.720. The summed E-state index contributed by atoms with van der Waals surface area (Å²) in [6, 6.07) is 10.1. The van der Waals surface area contributed by atoms with Gasteiger partial charge in [0.05, 0.1) is 6.10 Å². The summed E-state index contributed by atoms with van der Waals surface area (Å²) < 4.78 is 0. The zero-order valence-electron chi connectivity index (χ0n) is 11.6. The Morgan fingerprint density at radius 1 is 1.17 bits per heavy atom. The molecule has 0 aliphatic carbocycles. The summed E-state index contributed by atoms with van der Waals surface area (Å²) in [5, 5.41) is 9.76. The van der Waals surface area contributed by atoms with Gasteiger partial charge in [0.25, 0.3) is 0 Å². The Labute approximate surface area is 110 Å². The lowest BCUT2D eigenvalue weighted by atomic mass is 9.78. The second-order valence-electron chi connectivity index (χ2n) is 5.88. The first kappa shape index (κ1) is 15.2. The Kier molecular flexibility index (Phi) is 5.32. The molecule has 0 saturated carbocycles. The lowest BCUT2D eigenvalue weighted by molar-refractivity contribution is 0.128. The van der Waals surface area contributed by atoms with E-state index >= 15 is 0 Å². The summed E-state index contributed by atoms with van der Waals surface area (Å²) >= 11 is 0. The van der Waals surface area contributed by atoms with E-state index in [1.54, 1.807) is 6.92 Å². The predicted octanol–water partition coefficient (Wildman–Crippen LogP) is 1.78. The Morgan fingerprint density at radius 3 is 2.22 bits per heavy atom. The highest BCUT2D eigenvalue weighted by atomic mass is 16.3. The Bertz CT molecular complexity index is 349. The first-order valence-corrected chi connectivity index (χ1v) is 6.57. The SMILES string of the molecule is C[C@H](N)[C@@H](O)C[C@@H](N)CC(C)(C)c1ccccc1. The summed E-state index contributed by atoms with van der Waals surface area (Å²) in [6.45, 7) is 6.17. The van der Waals surface area contributed by atoms with E-state index in [9.17, 15) is 5.11 Å². The van der Waals surface area contributed by atoms with Gasteiger partial charge < -0.3 is 16.6 Å². The molecule has 0 heterocycles. The van der Waals surface area contributed by atoms with Gasteiger partial charge in [-0.25, -0.2) is 0 Å². The number of hydrogen-bond acceptors (Lipinski definition) is 3. The van der Waals surface area contributed by atoms with Crippen molar-refractivity contribution in [3.05, 3.63) is 35.9 Å². The van der Waals surface area contributed by atoms with Crippen LogP contribution in [0.4, 0.5) is 0 Å². The Morgan fingerprint density at radius 2 is 1.72 bits per heavy atom. The molecule has 18 heavy (non-hydrogen) atoms. The molecule has 3 atom stereocenters. The minimum atomic E-state index is -0.522. The Balaban J connectivity index is 2.60. The molecule has 0 aliphatic rings. The second-order valence-corrected chi connectivity index (χ2v) is 5.88. The van der Waals surface area contributed by atoms with Crippen LogP contribution < -0.4 is 11.5 Å². The zero-order chi connectivity index (χ0) is 13.8. The van der Waals surface area contributed by atoms with Crippen LogP contribution in [0.15, 0.2) is 30.3 Å². The summed E-state index contributed by atoms with van der Waals surface area (Å²) in [7, 11) is 0. The van der Waals surface area contributed by atoms with E-state index in [0.717, 1.165) is 6.42 Å². The first-order chi connectivity index (χ1) is 8.33. The number of aliphatic hydroxyl groups excluding tert-OH is 1. The van der Waals surface area contributed by atoms with E-state index < -0.39 is 6.10 Å². The van der Waals surface area contributed by atoms with Crippen molar-refractivity contribution in [2.24, 2.45) is 11.5 Å². The van der Waals surface area contributed by atoms with E-state index in [1.165, 1.54) is 5.56 Å². The molecule has 1 rings (SSSR count). The molecule has 0 amide bonds. The standard InChI is InChI=1S/C15H26N2O/c1-11(16)14(18)9-13(17)10-15(2,3)12-7-5-4-6-8-12/h4-8,11,13-14,18H,9-10,16-17H2,1-3H3/t11-,13+,14-/m0/s1. The molecule has 1 aromatic rings. The zero-order valence-corrected chi connectivity index (χ0v) is 11.6. The number of hydrogen-bond donors (Lipinski definition) is 3. The van der Waals surface area contributed by atoms with Crippen molar-refractivity contribution in [2.75, 3.05) is 0 Å². The molecule has 0 aromatic heterocycles. The average Bonchev–Trinajstić information content (AvgIpc) is 2.29. The van der Waals surface area contributed by atoms with Gasteiger partial charge in [0.15, 0.2) is 0 Å². The Hall–Kier alpha value is -0.900. The van der Waals surface area contributed by atoms with Gasteiger partial charge in [0, 0.05) is 12.1 Å². The van der Waals surface area contributed by atoms with Crippen LogP contribution in [0.5, 0.6) is 0 Å². The van der Waals surface area contributed by atoms with Crippen molar-refractivity contribution < 1.29 is 5.11 Å². The monoisotopic (exact) mass is 250 g/mol. The summed E-state index contributed by atoms with van der Waals surface area (Å²) in [5.41, 5.74) is 13.1. The highest BCUT2D eigenvalue weighted by Crippen LogP contribution is 2.28. The van der Waals surface area contributed by atoms with Gasteiger partial charge in [0.2, 0.25) is 0 Å². The van der Waals surface area contributed by atoms with Crippen LogP contribution in [-0.4, -0.2) is 23.3 Å². The minimum Gasteiger partial charge on any atom is -0.391 e. The number of rotatable bonds is 6. The topological polar surface area (TPSA) is 72.3 Å². The van der Waals surface area contributed by atoms with E-state index in [1.807, 2.05) is 18.2 Å². The maximum atomic E-state index is 9.76. The van der Waals surface area contributed by atoms with Gasteiger partial charge in [0.1, 0.15) is 0 Å². The molecule has 0 radical (unpaired) electrons. The largest absolute Gasteiger partial charge is 0.391 e. The third kappa shape index (κ3) is 4.41. The molecule has 5 N–H and O–H groups in total. The fourth-order valence-electron chi connectivity index (χ4n) is 2.27. The van der Waals surface area contributed by atoms with Crippen molar-refractivity contribution >= 4 is 0 Å². The van der Waals surface area contributed by atoms with Gasteiger partial charge in [-0.3, -0.25) is 0 Å². The molecule has 0 fully saturated rings. The molecular formula is C15H26N2O. The van der Waals surface area contributed by atoms with Crippen LogP contribution in [0.25, 0.3) is 0 Å². The number of benzene rings is 1. The normalized spacial score (nSPS) is 17.2. The van der Waals surface area contributed by atoms with Crippen LogP contribution in [0.2, 0.25) is 0 Å². The van der Waals surface area contributed by atoms with E-state index in [4.69, 9.17) is 11.5 Å². The highest BCUT2D eigenvalue weighted by molar-refractivity contribution is 5.23. The van der Waals surface area contributed by atoms with Gasteiger partial charge in [-0.1, -0.05) is 44.2 Å². The third-order valence-corrected chi connectivity index (χ3v) is 3.48. The maximum absolute atomic E-state index is 9.76. The van der Waals surface area contributed by atoms with Crippen LogP contribution in [0, 0.1) is 0 Å². The molecule has 3 heteroatoms. The average molecular weight is 250 g/mol. The van der Waals surface area contributed by atoms with E-state index in [-0.39, 0.29) is 17.5 Å². The van der Waals surface area contributed by atoms with Crippen LogP contribution >= 0.6 is 0 Å². The van der Waals surface area contributed by atoms with Crippen molar-refractivity contribution in [1.82, 2.24) is 0 Å². The molecule has 0 bridgehead atoms. The third-order valence-electron chi connectivity index (χ3n) is 3.48. The van der Waals surface area contributed by atoms with Gasteiger partial charge in [-0.05, 0) is 30.7 Å². The van der Waals surface area contributed by atoms with Crippen molar-refractivity contribution in [3.63, 3.8) is 0 Å². The summed E-state index contributed by atoms with van der Waals surface area (Å²) in [4.78, 5) is 0. The van der Waals surface area contributed by atoms with Crippen LogP contribution in [-0.2, 0) is 5.41 Å². The predicted molar refractivity (Wildman–Crippen MR) is 76.3 cm³/mol. The molecule has 0 spiro atoms. The van der Waals surface area contributed by atoms with Gasteiger partial charge in [-0.2, -0.15) is 0 Å². The number of nitrogens with two attached hydrogens (primary N) is 2. The van der Waals surface area contributed by atoms with Crippen molar-refractivity contribution in [2.45, 2.75) is 57.2 Å².